The average molecular weight is 325 g/mol. The number of ether oxygens (including phenoxy) is 2. The summed E-state index contributed by atoms with van der Waals surface area (Å²) < 4.78 is 12.4. The molecular formula is C15H27N5O3. The molecule has 0 aromatic carbocycles. The van der Waals surface area contributed by atoms with Crippen LogP contribution in [0.15, 0.2) is 12.4 Å². The Morgan fingerprint density at radius 1 is 1.39 bits per heavy atom. The van der Waals surface area contributed by atoms with Crippen molar-refractivity contribution in [2.45, 2.75) is 32.6 Å². The molecule has 23 heavy (non-hydrogen) atoms. The first-order valence-corrected chi connectivity index (χ1v) is 8.01. The standard InChI is InChI=1S/C15H27N5O3/c1-12-9-19(10-13(2)23-12)5-4-16-15(21)18-14-8-17-20(11-14)6-7-22-3/h8,11-13H,4-7,9-10H2,1-3H3,(H2,16,18,21). The van der Waals surface area contributed by atoms with E-state index in [9.17, 15) is 4.79 Å². The van der Waals surface area contributed by atoms with E-state index in [-0.39, 0.29) is 18.2 Å². The van der Waals surface area contributed by atoms with Gasteiger partial charge in [-0.2, -0.15) is 5.10 Å². The van der Waals surface area contributed by atoms with Gasteiger partial charge in [0, 0.05) is 39.5 Å². The third kappa shape index (κ3) is 6.17. The van der Waals surface area contributed by atoms with Gasteiger partial charge in [0.1, 0.15) is 0 Å². The quantitative estimate of drug-likeness (QED) is 0.774. The number of carbonyl (C=O) groups excluding carboxylic acids is 1. The monoisotopic (exact) mass is 325 g/mol. The SMILES string of the molecule is COCCn1cc(NC(=O)NCCN2CC(C)OC(C)C2)cn1. The summed E-state index contributed by atoms with van der Waals surface area (Å²) >= 11 is 0. The number of urea groups is 1. The summed E-state index contributed by atoms with van der Waals surface area (Å²) in [5.74, 6) is 0. The highest BCUT2D eigenvalue weighted by Gasteiger charge is 2.21. The molecule has 0 aliphatic carbocycles. The van der Waals surface area contributed by atoms with Crippen molar-refractivity contribution in [3.8, 4) is 0 Å². The first-order chi connectivity index (χ1) is 11.1. The molecule has 1 fully saturated rings. The van der Waals surface area contributed by atoms with Gasteiger partial charge in [0.2, 0.25) is 0 Å². The van der Waals surface area contributed by atoms with Crippen molar-refractivity contribution < 1.29 is 14.3 Å². The number of hydrogen-bond acceptors (Lipinski definition) is 5. The van der Waals surface area contributed by atoms with Crippen molar-refractivity contribution in [1.82, 2.24) is 20.0 Å². The second kappa shape index (κ2) is 8.85. The van der Waals surface area contributed by atoms with Gasteiger partial charge >= 0.3 is 6.03 Å². The molecule has 2 N–H and O–H groups in total. The molecule has 2 amide bonds. The first-order valence-electron chi connectivity index (χ1n) is 8.01. The summed E-state index contributed by atoms with van der Waals surface area (Å²) in [6, 6.07) is -0.217. The molecule has 1 aromatic rings. The molecule has 1 aliphatic heterocycles. The summed E-state index contributed by atoms with van der Waals surface area (Å²) in [6.07, 6.45) is 3.89. The minimum Gasteiger partial charge on any atom is -0.383 e. The Morgan fingerprint density at radius 3 is 2.83 bits per heavy atom. The van der Waals surface area contributed by atoms with Crippen molar-refractivity contribution in [3.63, 3.8) is 0 Å². The van der Waals surface area contributed by atoms with Gasteiger partial charge in [-0.25, -0.2) is 4.79 Å². The molecule has 1 saturated heterocycles. The Balaban J connectivity index is 1.66. The zero-order valence-corrected chi connectivity index (χ0v) is 14.1. The van der Waals surface area contributed by atoms with Gasteiger partial charge in [0.25, 0.3) is 0 Å². The fourth-order valence-electron chi connectivity index (χ4n) is 2.71. The maximum atomic E-state index is 11.9. The van der Waals surface area contributed by atoms with E-state index in [1.807, 2.05) is 0 Å². The molecule has 1 aromatic heterocycles. The lowest BCUT2D eigenvalue weighted by Gasteiger charge is -2.35. The van der Waals surface area contributed by atoms with Crippen molar-refractivity contribution in [1.29, 1.82) is 0 Å². The predicted molar refractivity (Wildman–Crippen MR) is 87.6 cm³/mol. The zero-order chi connectivity index (χ0) is 16.7. The molecule has 2 heterocycles. The fraction of sp³-hybridized carbons (Fsp3) is 0.733. The van der Waals surface area contributed by atoms with E-state index >= 15 is 0 Å². The van der Waals surface area contributed by atoms with Crippen LogP contribution >= 0.6 is 0 Å². The Morgan fingerprint density at radius 2 is 2.13 bits per heavy atom. The van der Waals surface area contributed by atoms with E-state index in [2.05, 4.69) is 34.5 Å². The molecule has 8 nitrogen and oxygen atoms in total. The van der Waals surface area contributed by atoms with Crippen LogP contribution in [0.1, 0.15) is 13.8 Å². The van der Waals surface area contributed by atoms with E-state index in [0.29, 0.717) is 25.4 Å². The topological polar surface area (TPSA) is 80.7 Å². The number of methoxy groups -OCH3 is 1. The number of nitrogens with one attached hydrogen (secondary N) is 2. The van der Waals surface area contributed by atoms with Crippen LogP contribution in [0.2, 0.25) is 0 Å². The first kappa shape index (κ1) is 17.7. The summed E-state index contributed by atoms with van der Waals surface area (Å²) in [7, 11) is 1.64. The van der Waals surface area contributed by atoms with Crippen molar-refractivity contribution in [2.75, 3.05) is 45.2 Å². The Labute approximate surface area is 137 Å². The lowest BCUT2D eigenvalue weighted by molar-refractivity contribution is -0.0672. The lowest BCUT2D eigenvalue weighted by Crippen LogP contribution is -2.48. The Bertz CT molecular complexity index is 483. The molecule has 8 heteroatoms. The van der Waals surface area contributed by atoms with Crippen LogP contribution in [0.4, 0.5) is 10.5 Å². The molecule has 0 spiro atoms. The van der Waals surface area contributed by atoms with Crippen LogP contribution in [0.5, 0.6) is 0 Å². The highest BCUT2D eigenvalue weighted by molar-refractivity contribution is 5.88. The second-order valence-corrected chi connectivity index (χ2v) is 5.88. The summed E-state index contributed by atoms with van der Waals surface area (Å²) in [5, 5.41) is 9.79. The van der Waals surface area contributed by atoms with Crippen molar-refractivity contribution in [2.24, 2.45) is 0 Å². The number of rotatable bonds is 7. The molecule has 130 valence electrons. The number of aromatic nitrogens is 2. The van der Waals surface area contributed by atoms with Gasteiger partial charge in [-0.15, -0.1) is 0 Å². The molecule has 0 bridgehead atoms. The molecule has 2 atom stereocenters. The van der Waals surface area contributed by atoms with Crippen LogP contribution in [0.3, 0.4) is 0 Å². The number of carbonyl (C=O) groups is 1. The number of hydrogen-bond donors (Lipinski definition) is 2. The molecule has 0 saturated carbocycles. The third-order valence-corrected chi connectivity index (χ3v) is 3.62. The van der Waals surface area contributed by atoms with Gasteiger partial charge in [-0.3, -0.25) is 9.58 Å². The highest BCUT2D eigenvalue weighted by atomic mass is 16.5. The normalized spacial score (nSPS) is 22.0. The molecule has 2 unspecified atom stereocenters. The van der Waals surface area contributed by atoms with Gasteiger partial charge in [-0.1, -0.05) is 0 Å². The van der Waals surface area contributed by atoms with Gasteiger partial charge in [0.05, 0.1) is 37.2 Å². The lowest BCUT2D eigenvalue weighted by atomic mass is 10.2. The maximum Gasteiger partial charge on any atom is 0.319 e. The van der Waals surface area contributed by atoms with Crippen LogP contribution in [0, 0.1) is 0 Å². The second-order valence-electron chi connectivity index (χ2n) is 5.88. The predicted octanol–water partition coefficient (Wildman–Crippen LogP) is 0.760. The Hall–Kier alpha value is -1.64. The van der Waals surface area contributed by atoms with Gasteiger partial charge in [-0.05, 0) is 13.8 Å². The average Bonchev–Trinajstić information content (AvgIpc) is 2.91. The van der Waals surface area contributed by atoms with Crippen molar-refractivity contribution in [3.05, 3.63) is 12.4 Å². The summed E-state index contributed by atoms with van der Waals surface area (Å²) in [4.78, 5) is 14.2. The minimum absolute atomic E-state index is 0.217. The van der Waals surface area contributed by atoms with E-state index < -0.39 is 0 Å². The fourth-order valence-corrected chi connectivity index (χ4v) is 2.71. The van der Waals surface area contributed by atoms with Crippen LogP contribution in [-0.4, -0.2) is 72.8 Å². The van der Waals surface area contributed by atoms with Crippen LogP contribution in [0.25, 0.3) is 0 Å². The largest absolute Gasteiger partial charge is 0.383 e. The van der Waals surface area contributed by atoms with E-state index in [1.54, 1.807) is 24.2 Å². The molecule has 1 aliphatic rings. The van der Waals surface area contributed by atoms with Crippen LogP contribution < -0.4 is 10.6 Å². The van der Waals surface area contributed by atoms with E-state index in [0.717, 1.165) is 19.6 Å². The third-order valence-electron chi connectivity index (χ3n) is 3.62. The number of morpholine rings is 1. The molecule has 2 rings (SSSR count). The summed E-state index contributed by atoms with van der Waals surface area (Å²) in [5.41, 5.74) is 0.673. The number of nitrogens with zero attached hydrogens (tertiary/aromatic N) is 3. The summed E-state index contributed by atoms with van der Waals surface area (Å²) in [6.45, 7) is 8.62. The maximum absolute atomic E-state index is 11.9. The smallest absolute Gasteiger partial charge is 0.319 e. The zero-order valence-electron chi connectivity index (χ0n) is 14.1. The van der Waals surface area contributed by atoms with E-state index in [4.69, 9.17) is 9.47 Å². The molecule has 0 radical (unpaired) electrons. The minimum atomic E-state index is -0.217. The van der Waals surface area contributed by atoms with Gasteiger partial charge < -0.3 is 20.1 Å². The highest BCUT2D eigenvalue weighted by Crippen LogP contribution is 2.09. The van der Waals surface area contributed by atoms with Crippen molar-refractivity contribution >= 4 is 11.7 Å². The number of amides is 2. The number of anilines is 1. The Kier molecular flexibility index (Phi) is 6.82. The van der Waals surface area contributed by atoms with Gasteiger partial charge in [0.15, 0.2) is 0 Å². The molecular weight excluding hydrogens is 298 g/mol. The van der Waals surface area contributed by atoms with Crippen LogP contribution in [-0.2, 0) is 16.0 Å². The van der Waals surface area contributed by atoms with E-state index in [1.165, 1.54) is 0 Å².